The maximum atomic E-state index is 14.2. The summed E-state index contributed by atoms with van der Waals surface area (Å²) in [6, 6.07) is 5.04. The zero-order valence-corrected chi connectivity index (χ0v) is 14.3. The van der Waals surface area contributed by atoms with Crippen molar-refractivity contribution >= 4 is 11.9 Å². The maximum absolute atomic E-state index is 14.2. The summed E-state index contributed by atoms with van der Waals surface area (Å²) in [5, 5.41) is 2.79. The molecule has 25 heavy (non-hydrogen) atoms. The largest absolute Gasteiger partial charge is 0.369 e. The minimum atomic E-state index is -0.561. The molecule has 2 aliphatic carbocycles. The summed E-state index contributed by atoms with van der Waals surface area (Å²) in [6.45, 7) is 1.08. The van der Waals surface area contributed by atoms with E-state index < -0.39 is 5.41 Å². The molecular formula is C19H24FN3O2. The van der Waals surface area contributed by atoms with Gasteiger partial charge in [0.25, 0.3) is 0 Å². The molecule has 3 aliphatic rings. The standard InChI is InChI=1S/C19H24FN3O2/c20-16-8-13(12-3-4-12)5-6-14(16)9-22-18(25)23-10-15-2-1-7-19(15,11-23)17(21)24/h5-6,8,12,15H,1-4,7,9-11H2,(H2,21,24)(H,22,25)/t15-,19-/m0/s1. The molecule has 134 valence electrons. The zero-order valence-electron chi connectivity index (χ0n) is 14.3. The van der Waals surface area contributed by atoms with Gasteiger partial charge in [-0.25, -0.2) is 9.18 Å². The average Bonchev–Trinajstić information content (AvgIpc) is 3.23. The molecule has 0 unspecified atom stereocenters. The molecule has 0 bridgehead atoms. The number of fused-ring (bicyclic) bond motifs is 1. The summed E-state index contributed by atoms with van der Waals surface area (Å²) in [5.74, 6) is 0.0982. The molecule has 3 amide bonds. The Labute approximate surface area is 146 Å². The van der Waals surface area contributed by atoms with E-state index in [0.29, 0.717) is 24.6 Å². The van der Waals surface area contributed by atoms with Gasteiger partial charge in [0.05, 0.1) is 5.41 Å². The highest BCUT2D eigenvalue weighted by Crippen LogP contribution is 2.48. The van der Waals surface area contributed by atoms with Crippen LogP contribution in [-0.2, 0) is 11.3 Å². The number of likely N-dealkylation sites (tertiary alicyclic amines) is 1. The van der Waals surface area contributed by atoms with Crippen molar-refractivity contribution in [3.8, 4) is 0 Å². The first-order valence-electron chi connectivity index (χ1n) is 9.10. The molecular weight excluding hydrogens is 321 g/mol. The Bertz CT molecular complexity index is 719. The van der Waals surface area contributed by atoms with Gasteiger partial charge in [-0.3, -0.25) is 4.79 Å². The van der Waals surface area contributed by atoms with E-state index in [2.05, 4.69) is 5.32 Å². The molecule has 4 rings (SSSR count). The minimum Gasteiger partial charge on any atom is -0.369 e. The first kappa shape index (κ1) is 16.4. The van der Waals surface area contributed by atoms with Gasteiger partial charge in [0.2, 0.25) is 5.91 Å². The van der Waals surface area contributed by atoms with Gasteiger partial charge in [0.15, 0.2) is 0 Å². The van der Waals surface area contributed by atoms with Crippen molar-refractivity contribution in [3.63, 3.8) is 0 Å². The Morgan fingerprint density at radius 3 is 2.76 bits per heavy atom. The van der Waals surface area contributed by atoms with Gasteiger partial charge in [-0.1, -0.05) is 18.6 Å². The highest BCUT2D eigenvalue weighted by atomic mass is 19.1. The van der Waals surface area contributed by atoms with Crippen LogP contribution in [0.4, 0.5) is 9.18 Å². The number of nitrogens with zero attached hydrogens (tertiary/aromatic N) is 1. The maximum Gasteiger partial charge on any atom is 0.317 e. The van der Waals surface area contributed by atoms with E-state index in [9.17, 15) is 14.0 Å². The fourth-order valence-electron chi connectivity index (χ4n) is 4.51. The average molecular weight is 345 g/mol. The monoisotopic (exact) mass is 345 g/mol. The van der Waals surface area contributed by atoms with E-state index in [0.717, 1.165) is 37.7 Å². The van der Waals surface area contributed by atoms with Crippen LogP contribution in [-0.4, -0.2) is 29.9 Å². The highest BCUT2D eigenvalue weighted by Gasteiger charge is 2.54. The van der Waals surface area contributed by atoms with Gasteiger partial charge in [-0.05, 0) is 49.1 Å². The lowest BCUT2D eigenvalue weighted by atomic mass is 9.80. The number of carbonyl (C=O) groups is 2. The second-order valence-electron chi connectivity index (χ2n) is 7.77. The molecule has 0 aromatic heterocycles. The Hall–Kier alpha value is -2.11. The molecule has 1 aromatic rings. The lowest BCUT2D eigenvalue weighted by molar-refractivity contribution is -0.128. The lowest BCUT2D eigenvalue weighted by Crippen LogP contribution is -2.43. The smallest absolute Gasteiger partial charge is 0.317 e. The third-order valence-corrected chi connectivity index (χ3v) is 6.20. The molecule has 3 fully saturated rings. The third kappa shape index (κ3) is 2.87. The molecule has 5 nitrogen and oxygen atoms in total. The number of amides is 3. The molecule has 0 radical (unpaired) electrons. The fourth-order valence-corrected chi connectivity index (χ4v) is 4.51. The second-order valence-corrected chi connectivity index (χ2v) is 7.77. The highest BCUT2D eigenvalue weighted by molar-refractivity contribution is 5.84. The van der Waals surface area contributed by atoms with E-state index >= 15 is 0 Å². The molecule has 2 atom stereocenters. The summed E-state index contributed by atoms with van der Waals surface area (Å²) >= 11 is 0. The normalized spacial score (nSPS) is 28.0. The number of hydrogen-bond acceptors (Lipinski definition) is 2. The van der Waals surface area contributed by atoms with Crippen molar-refractivity contribution < 1.29 is 14.0 Å². The SMILES string of the molecule is NC(=O)[C@]12CCC[C@H]1CN(C(=O)NCc1ccc(C3CC3)cc1F)C2. The number of rotatable bonds is 4. The van der Waals surface area contributed by atoms with E-state index in [-0.39, 0.29) is 30.2 Å². The molecule has 1 heterocycles. The van der Waals surface area contributed by atoms with Crippen LogP contribution in [0.3, 0.4) is 0 Å². The number of primary amides is 1. The first-order chi connectivity index (χ1) is 12.0. The molecule has 1 aromatic carbocycles. The number of nitrogens with one attached hydrogen (secondary N) is 1. The van der Waals surface area contributed by atoms with Crippen LogP contribution >= 0.6 is 0 Å². The van der Waals surface area contributed by atoms with Gasteiger partial charge in [0.1, 0.15) is 5.82 Å². The van der Waals surface area contributed by atoms with Gasteiger partial charge in [-0.2, -0.15) is 0 Å². The quantitative estimate of drug-likeness (QED) is 0.880. The topological polar surface area (TPSA) is 75.4 Å². The third-order valence-electron chi connectivity index (χ3n) is 6.20. The molecule has 6 heteroatoms. The zero-order chi connectivity index (χ0) is 17.6. The van der Waals surface area contributed by atoms with Crippen molar-refractivity contribution in [2.24, 2.45) is 17.1 Å². The molecule has 1 aliphatic heterocycles. The van der Waals surface area contributed by atoms with Gasteiger partial charge < -0.3 is 16.0 Å². The first-order valence-corrected chi connectivity index (χ1v) is 9.10. The Morgan fingerprint density at radius 1 is 1.32 bits per heavy atom. The summed E-state index contributed by atoms with van der Waals surface area (Å²) in [6.07, 6.45) is 4.94. The van der Waals surface area contributed by atoms with E-state index in [1.54, 1.807) is 17.0 Å². The van der Waals surface area contributed by atoms with Gasteiger partial charge in [0, 0.05) is 25.2 Å². The van der Waals surface area contributed by atoms with Crippen molar-refractivity contribution in [2.75, 3.05) is 13.1 Å². The van der Waals surface area contributed by atoms with E-state index in [1.807, 2.05) is 6.07 Å². The van der Waals surface area contributed by atoms with Crippen LogP contribution in [0, 0.1) is 17.2 Å². The summed E-state index contributed by atoms with van der Waals surface area (Å²) in [4.78, 5) is 26.0. The van der Waals surface area contributed by atoms with Crippen molar-refractivity contribution in [1.29, 1.82) is 0 Å². The minimum absolute atomic E-state index is 0.153. The van der Waals surface area contributed by atoms with Crippen LogP contribution < -0.4 is 11.1 Å². The molecule has 0 spiro atoms. The van der Waals surface area contributed by atoms with Crippen LogP contribution in [0.15, 0.2) is 18.2 Å². The Kier molecular flexibility index (Phi) is 3.93. The number of halogens is 1. The summed E-state index contributed by atoms with van der Waals surface area (Å²) < 4.78 is 14.2. The van der Waals surface area contributed by atoms with Crippen LogP contribution in [0.2, 0.25) is 0 Å². The predicted octanol–water partition coefficient (Wildman–Crippen LogP) is 2.50. The van der Waals surface area contributed by atoms with E-state index in [1.165, 1.54) is 0 Å². The Balaban J connectivity index is 1.37. The number of carbonyl (C=O) groups excluding carboxylic acids is 2. The summed E-state index contributed by atoms with van der Waals surface area (Å²) in [5.41, 5.74) is 6.59. The Morgan fingerprint density at radius 2 is 2.12 bits per heavy atom. The molecule has 1 saturated heterocycles. The number of hydrogen-bond donors (Lipinski definition) is 2. The van der Waals surface area contributed by atoms with Crippen molar-refractivity contribution in [2.45, 2.75) is 44.6 Å². The molecule has 3 N–H and O–H groups in total. The number of urea groups is 1. The molecule has 2 saturated carbocycles. The number of nitrogens with two attached hydrogens (primary N) is 1. The van der Waals surface area contributed by atoms with E-state index in [4.69, 9.17) is 5.73 Å². The van der Waals surface area contributed by atoms with Gasteiger partial charge >= 0.3 is 6.03 Å². The van der Waals surface area contributed by atoms with Crippen molar-refractivity contribution in [1.82, 2.24) is 10.2 Å². The second kappa shape index (κ2) is 6.00. The van der Waals surface area contributed by atoms with Crippen molar-refractivity contribution in [3.05, 3.63) is 35.1 Å². The number of benzene rings is 1. The van der Waals surface area contributed by atoms with Gasteiger partial charge in [-0.15, -0.1) is 0 Å². The predicted molar refractivity (Wildman–Crippen MR) is 91.2 cm³/mol. The lowest BCUT2D eigenvalue weighted by Gasteiger charge is -2.24. The van der Waals surface area contributed by atoms with Crippen LogP contribution in [0.5, 0.6) is 0 Å². The van der Waals surface area contributed by atoms with Crippen LogP contribution in [0.25, 0.3) is 0 Å². The summed E-state index contributed by atoms with van der Waals surface area (Å²) in [7, 11) is 0. The fraction of sp³-hybridized carbons (Fsp3) is 0.579. The van der Waals surface area contributed by atoms with Crippen LogP contribution in [0.1, 0.15) is 49.1 Å².